The van der Waals surface area contributed by atoms with E-state index in [0.717, 1.165) is 19.3 Å². The Morgan fingerprint density at radius 2 is 1.64 bits per heavy atom. The zero-order valence-electron chi connectivity index (χ0n) is 18.1. The summed E-state index contributed by atoms with van der Waals surface area (Å²) in [4.78, 5) is 31.2. The number of hydrogen-bond acceptors (Lipinski definition) is 6. The Bertz CT molecular complexity index is 1090. The van der Waals surface area contributed by atoms with E-state index in [9.17, 15) is 14.7 Å². The molecule has 0 radical (unpaired) electrons. The number of nitrogens with zero attached hydrogens (tertiary/aromatic N) is 1. The number of benzene rings is 3. The second-order valence-electron chi connectivity index (χ2n) is 7.89. The number of aromatic hydroxyl groups is 1. The first kappa shape index (κ1) is 22.4. The molecular weight excluding hydrogens is 420 g/mol. The van der Waals surface area contributed by atoms with Gasteiger partial charge < -0.3 is 20.0 Å². The van der Waals surface area contributed by atoms with Gasteiger partial charge in [-0.3, -0.25) is 4.79 Å². The molecule has 4 rings (SSSR count). The van der Waals surface area contributed by atoms with Gasteiger partial charge in [0.05, 0.1) is 6.54 Å². The molecule has 0 aromatic heterocycles. The third-order valence-electron chi connectivity index (χ3n) is 5.39. The third-order valence-corrected chi connectivity index (χ3v) is 5.39. The van der Waals surface area contributed by atoms with E-state index in [4.69, 9.17) is 9.57 Å². The van der Waals surface area contributed by atoms with Crippen LogP contribution in [-0.4, -0.2) is 41.2 Å². The number of phenols is 1. The van der Waals surface area contributed by atoms with Crippen molar-refractivity contribution >= 4 is 11.9 Å². The van der Waals surface area contributed by atoms with Crippen LogP contribution >= 0.6 is 0 Å². The molecule has 1 atom stereocenters. The maximum atomic E-state index is 13.0. The standard InChI is InChI=1S/C26H26N2O5/c29-21-15-13-19(14-16-21)25(30)27-20-8-6-7-17-28(18-20)33-26(31)23-11-4-5-12-24(23)32-22-9-2-1-3-10-22/h1-5,9-16,20,29H,6-8,17-18H2,(H,27,30)/t20-/m1/s1. The summed E-state index contributed by atoms with van der Waals surface area (Å²) in [6.45, 7) is 0.969. The molecule has 7 heteroatoms. The van der Waals surface area contributed by atoms with E-state index in [1.54, 1.807) is 41.5 Å². The first-order valence-electron chi connectivity index (χ1n) is 11.0. The zero-order chi connectivity index (χ0) is 23.0. The smallest absolute Gasteiger partial charge is 0.360 e. The highest BCUT2D eigenvalue weighted by atomic mass is 16.7. The SMILES string of the molecule is O=C(N[C@@H]1CCCCN(OC(=O)c2ccccc2Oc2ccccc2)C1)c1ccc(O)cc1. The van der Waals surface area contributed by atoms with Gasteiger partial charge in [-0.05, 0) is 67.8 Å². The number of carbonyl (C=O) groups excluding carboxylic acids is 2. The van der Waals surface area contributed by atoms with Crippen LogP contribution in [-0.2, 0) is 4.84 Å². The molecule has 1 aliphatic heterocycles. The number of phenolic OH excluding ortho intramolecular Hbond substituents is 1. The summed E-state index contributed by atoms with van der Waals surface area (Å²) in [5.41, 5.74) is 0.794. The van der Waals surface area contributed by atoms with E-state index in [-0.39, 0.29) is 17.7 Å². The van der Waals surface area contributed by atoms with Crippen LogP contribution in [0.5, 0.6) is 17.2 Å². The summed E-state index contributed by atoms with van der Waals surface area (Å²) < 4.78 is 5.88. The van der Waals surface area contributed by atoms with Crippen LogP contribution in [0.25, 0.3) is 0 Å². The van der Waals surface area contributed by atoms with Crippen LogP contribution < -0.4 is 10.1 Å². The molecule has 1 heterocycles. The van der Waals surface area contributed by atoms with Crippen molar-refractivity contribution in [1.29, 1.82) is 0 Å². The average Bonchev–Trinajstić information content (AvgIpc) is 3.05. The van der Waals surface area contributed by atoms with Gasteiger partial charge in [0, 0.05) is 18.2 Å². The molecule has 170 valence electrons. The van der Waals surface area contributed by atoms with Crippen molar-refractivity contribution in [2.24, 2.45) is 0 Å². The molecule has 2 N–H and O–H groups in total. The van der Waals surface area contributed by atoms with Crippen molar-refractivity contribution in [3.63, 3.8) is 0 Å². The molecule has 3 aromatic rings. The zero-order valence-corrected chi connectivity index (χ0v) is 18.1. The van der Waals surface area contributed by atoms with Crippen LogP contribution in [0.2, 0.25) is 0 Å². The maximum Gasteiger partial charge on any atom is 0.360 e. The van der Waals surface area contributed by atoms with Gasteiger partial charge in [0.2, 0.25) is 0 Å². The summed E-state index contributed by atoms with van der Waals surface area (Å²) in [6.07, 6.45) is 2.54. The highest BCUT2D eigenvalue weighted by molar-refractivity contribution is 5.94. The summed E-state index contributed by atoms with van der Waals surface area (Å²) in [5, 5.41) is 14.0. The lowest BCUT2D eigenvalue weighted by atomic mass is 10.1. The second kappa shape index (κ2) is 10.7. The molecule has 0 aliphatic carbocycles. The number of hydroxylamine groups is 2. The van der Waals surface area contributed by atoms with Crippen molar-refractivity contribution in [1.82, 2.24) is 10.4 Å². The minimum atomic E-state index is -0.507. The van der Waals surface area contributed by atoms with E-state index < -0.39 is 5.97 Å². The number of hydrogen-bond donors (Lipinski definition) is 2. The molecule has 0 saturated carbocycles. The summed E-state index contributed by atoms with van der Waals surface area (Å²) in [7, 11) is 0. The Balaban J connectivity index is 1.40. The van der Waals surface area contributed by atoms with Crippen molar-refractivity contribution in [3.8, 4) is 17.2 Å². The Kier molecular flexibility index (Phi) is 7.22. The van der Waals surface area contributed by atoms with Gasteiger partial charge in [-0.1, -0.05) is 30.3 Å². The molecular formula is C26H26N2O5. The molecule has 0 unspecified atom stereocenters. The fourth-order valence-corrected chi connectivity index (χ4v) is 3.70. The number of amides is 1. The number of para-hydroxylation sites is 2. The van der Waals surface area contributed by atoms with Crippen LogP contribution in [0.1, 0.15) is 40.0 Å². The van der Waals surface area contributed by atoms with Gasteiger partial charge in [0.15, 0.2) is 0 Å². The highest BCUT2D eigenvalue weighted by Crippen LogP contribution is 2.26. The van der Waals surface area contributed by atoms with E-state index in [1.165, 1.54) is 12.1 Å². The Labute approximate surface area is 192 Å². The van der Waals surface area contributed by atoms with Gasteiger partial charge in [-0.15, -0.1) is 5.06 Å². The quantitative estimate of drug-likeness (QED) is 0.578. The molecule has 0 bridgehead atoms. The van der Waals surface area contributed by atoms with E-state index in [2.05, 4.69) is 5.32 Å². The molecule has 1 fully saturated rings. The van der Waals surface area contributed by atoms with Gasteiger partial charge in [0.25, 0.3) is 5.91 Å². The average molecular weight is 447 g/mol. The third kappa shape index (κ3) is 6.11. The van der Waals surface area contributed by atoms with Gasteiger partial charge in [0.1, 0.15) is 22.8 Å². The molecule has 3 aromatic carbocycles. The molecule has 1 aliphatic rings. The number of carbonyl (C=O) groups is 2. The van der Waals surface area contributed by atoms with Crippen molar-refractivity contribution in [2.45, 2.75) is 25.3 Å². The molecule has 1 amide bonds. The van der Waals surface area contributed by atoms with Crippen molar-refractivity contribution in [2.75, 3.05) is 13.1 Å². The lowest BCUT2D eigenvalue weighted by molar-refractivity contribution is -0.110. The number of ether oxygens (including phenoxy) is 1. The van der Waals surface area contributed by atoms with E-state index >= 15 is 0 Å². The monoisotopic (exact) mass is 446 g/mol. The summed E-state index contributed by atoms with van der Waals surface area (Å²) >= 11 is 0. The Morgan fingerprint density at radius 3 is 2.42 bits per heavy atom. The Morgan fingerprint density at radius 1 is 0.909 bits per heavy atom. The number of nitrogens with one attached hydrogen (secondary N) is 1. The molecule has 1 saturated heterocycles. The fourth-order valence-electron chi connectivity index (χ4n) is 3.70. The maximum absolute atomic E-state index is 13.0. The van der Waals surface area contributed by atoms with Gasteiger partial charge in [-0.25, -0.2) is 4.79 Å². The van der Waals surface area contributed by atoms with Crippen molar-refractivity contribution < 1.29 is 24.3 Å². The Hall–Kier alpha value is -3.84. The van der Waals surface area contributed by atoms with Gasteiger partial charge in [-0.2, -0.15) is 0 Å². The highest BCUT2D eigenvalue weighted by Gasteiger charge is 2.25. The predicted molar refractivity (Wildman–Crippen MR) is 123 cm³/mol. The first-order valence-corrected chi connectivity index (χ1v) is 11.0. The van der Waals surface area contributed by atoms with Gasteiger partial charge >= 0.3 is 5.97 Å². The minimum absolute atomic E-state index is 0.107. The van der Waals surface area contributed by atoms with E-state index in [0.29, 0.717) is 35.7 Å². The van der Waals surface area contributed by atoms with Crippen molar-refractivity contribution in [3.05, 3.63) is 90.0 Å². The molecule has 7 nitrogen and oxygen atoms in total. The lowest BCUT2D eigenvalue weighted by Crippen LogP contribution is -2.43. The summed E-state index contributed by atoms with van der Waals surface area (Å²) in [5.74, 6) is 0.419. The minimum Gasteiger partial charge on any atom is -0.508 e. The largest absolute Gasteiger partial charge is 0.508 e. The lowest BCUT2D eigenvalue weighted by Gasteiger charge is -2.24. The normalized spacial score (nSPS) is 16.4. The molecule has 0 spiro atoms. The second-order valence-corrected chi connectivity index (χ2v) is 7.89. The van der Waals surface area contributed by atoms with Crippen LogP contribution in [0.15, 0.2) is 78.9 Å². The van der Waals surface area contributed by atoms with Crippen LogP contribution in [0.3, 0.4) is 0 Å². The van der Waals surface area contributed by atoms with Crippen LogP contribution in [0, 0.1) is 0 Å². The van der Waals surface area contributed by atoms with E-state index in [1.807, 2.05) is 30.3 Å². The molecule has 33 heavy (non-hydrogen) atoms. The number of rotatable bonds is 6. The topological polar surface area (TPSA) is 88.1 Å². The predicted octanol–water partition coefficient (Wildman–Crippen LogP) is 4.54. The summed E-state index contributed by atoms with van der Waals surface area (Å²) in [6, 6.07) is 22.1. The first-order chi connectivity index (χ1) is 16.1. The fraction of sp³-hybridized carbons (Fsp3) is 0.231. The van der Waals surface area contributed by atoms with Crippen LogP contribution in [0.4, 0.5) is 0 Å².